The standard InChI is InChI=1S/C27H37ClN2O2/c1-4-20-10-6-11-21(18-20)26-23(13-7-14-24(26)28)27(32-5-2)22-12-9-17-30(19-22)25(31)15-8-16-29-3/h6-7,10-11,13-14,18,22,27,29H,4-5,8-9,12,15-17,19H2,1-3H3. The number of carbonyl (C=O) groups excluding carboxylic acids is 1. The molecule has 2 aromatic rings. The van der Waals surface area contributed by atoms with Crippen molar-refractivity contribution in [2.24, 2.45) is 5.92 Å². The Morgan fingerprint density at radius 1 is 1.25 bits per heavy atom. The van der Waals surface area contributed by atoms with Gasteiger partial charge in [-0.15, -0.1) is 0 Å². The van der Waals surface area contributed by atoms with Gasteiger partial charge in [0.2, 0.25) is 5.91 Å². The maximum atomic E-state index is 12.8. The van der Waals surface area contributed by atoms with Gasteiger partial charge in [0.05, 0.1) is 6.10 Å². The molecule has 2 unspecified atom stereocenters. The van der Waals surface area contributed by atoms with Crippen LogP contribution >= 0.6 is 11.6 Å². The van der Waals surface area contributed by atoms with Gasteiger partial charge in [-0.1, -0.05) is 54.9 Å². The molecule has 0 bridgehead atoms. The van der Waals surface area contributed by atoms with Crippen LogP contribution in [0.25, 0.3) is 11.1 Å². The largest absolute Gasteiger partial charge is 0.373 e. The van der Waals surface area contributed by atoms with Crippen LogP contribution < -0.4 is 5.32 Å². The number of rotatable bonds is 10. The zero-order chi connectivity index (χ0) is 22.9. The summed E-state index contributed by atoms with van der Waals surface area (Å²) in [5.41, 5.74) is 4.60. The van der Waals surface area contributed by atoms with Gasteiger partial charge in [0.25, 0.3) is 0 Å². The van der Waals surface area contributed by atoms with E-state index < -0.39 is 0 Å². The second-order valence-electron chi connectivity index (χ2n) is 8.58. The Labute approximate surface area is 198 Å². The summed E-state index contributed by atoms with van der Waals surface area (Å²) in [5, 5.41) is 3.87. The molecule has 0 aromatic heterocycles. The molecule has 2 atom stereocenters. The van der Waals surface area contributed by atoms with Crippen LogP contribution in [0.5, 0.6) is 0 Å². The molecule has 1 saturated heterocycles. The van der Waals surface area contributed by atoms with Crippen molar-refractivity contribution in [2.75, 3.05) is 33.3 Å². The zero-order valence-electron chi connectivity index (χ0n) is 19.7. The van der Waals surface area contributed by atoms with Crippen LogP contribution in [0.2, 0.25) is 5.02 Å². The Balaban J connectivity index is 1.90. The van der Waals surface area contributed by atoms with E-state index in [4.69, 9.17) is 16.3 Å². The van der Waals surface area contributed by atoms with Gasteiger partial charge in [0.1, 0.15) is 0 Å². The summed E-state index contributed by atoms with van der Waals surface area (Å²) >= 11 is 6.77. The van der Waals surface area contributed by atoms with Gasteiger partial charge in [0, 0.05) is 42.6 Å². The average Bonchev–Trinajstić information content (AvgIpc) is 2.82. The van der Waals surface area contributed by atoms with Gasteiger partial charge in [-0.05, 0) is 69.0 Å². The molecule has 5 heteroatoms. The minimum Gasteiger partial charge on any atom is -0.373 e. The average molecular weight is 457 g/mol. The third-order valence-electron chi connectivity index (χ3n) is 6.38. The molecule has 0 spiro atoms. The lowest BCUT2D eigenvalue weighted by atomic mass is 9.84. The topological polar surface area (TPSA) is 41.6 Å². The highest BCUT2D eigenvalue weighted by Crippen LogP contribution is 2.41. The van der Waals surface area contributed by atoms with Crippen LogP contribution in [0.3, 0.4) is 0 Å². The molecule has 0 aliphatic carbocycles. The first-order valence-corrected chi connectivity index (χ1v) is 12.4. The molecule has 1 heterocycles. The highest BCUT2D eigenvalue weighted by Gasteiger charge is 2.32. The maximum absolute atomic E-state index is 12.8. The van der Waals surface area contributed by atoms with E-state index in [2.05, 4.69) is 42.6 Å². The smallest absolute Gasteiger partial charge is 0.222 e. The van der Waals surface area contributed by atoms with Crippen molar-refractivity contribution in [1.29, 1.82) is 0 Å². The predicted octanol–water partition coefficient (Wildman–Crippen LogP) is 5.89. The Hall–Kier alpha value is -1.88. The molecule has 1 N–H and O–H groups in total. The number of nitrogens with zero attached hydrogens (tertiary/aromatic N) is 1. The van der Waals surface area contributed by atoms with E-state index in [1.807, 2.05) is 31.0 Å². The van der Waals surface area contributed by atoms with E-state index in [0.29, 0.717) is 13.0 Å². The zero-order valence-corrected chi connectivity index (χ0v) is 20.5. The molecule has 1 fully saturated rings. The van der Waals surface area contributed by atoms with E-state index in [0.717, 1.165) is 67.0 Å². The second kappa shape index (κ2) is 12.4. The number of aryl methyl sites for hydroxylation is 1. The molecule has 1 aliphatic rings. The fourth-order valence-corrected chi connectivity index (χ4v) is 5.04. The molecular formula is C27H37ClN2O2. The van der Waals surface area contributed by atoms with E-state index in [1.54, 1.807) is 0 Å². The Morgan fingerprint density at radius 3 is 2.81 bits per heavy atom. The van der Waals surface area contributed by atoms with Crippen molar-refractivity contribution in [3.63, 3.8) is 0 Å². The molecule has 32 heavy (non-hydrogen) atoms. The van der Waals surface area contributed by atoms with Gasteiger partial charge in [0.15, 0.2) is 0 Å². The summed E-state index contributed by atoms with van der Waals surface area (Å²) in [7, 11) is 1.92. The third kappa shape index (κ3) is 6.12. The fraction of sp³-hybridized carbons (Fsp3) is 0.519. The number of hydrogen-bond acceptors (Lipinski definition) is 3. The van der Waals surface area contributed by atoms with Crippen molar-refractivity contribution in [3.05, 3.63) is 58.6 Å². The number of hydrogen-bond donors (Lipinski definition) is 1. The molecule has 0 radical (unpaired) electrons. The monoisotopic (exact) mass is 456 g/mol. The summed E-state index contributed by atoms with van der Waals surface area (Å²) in [4.78, 5) is 14.8. The van der Waals surface area contributed by atoms with Crippen molar-refractivity contribution < 1.29 is 9.53 Å². The van der Waals surface area contributed by atoms with Gasteiger partial charge in [-0.2, -0.15) is 0 Å². The molecule has 1 amide bonds. The van der Waals surface area contributed by atoms with Crippen LogP contribution in [0, 0.1) is 5.92 Å². The number of benzene rings is 2. The lowest BCUT2D eigenvalue weighted by molar-refractivity contribution is -0.134. The lowest BCUT2D eigenvalue weighted by Gasteiger charge is -2.38. The first-order valence-electron chi connectivity index (χ1n) is 12.0. The van der Waals surface area contributed by atoms with Crippen molar-refractivity contribution in [3.8, 4) is 11.1 Å². The SMILES string of the molecule is CCOC(c1cccc(Cl)c1-c1cccc(CC)c1)C1CCCN(C(=O)CCCNC)C1. The van der Waals surface area contributed by atoms with Crippen LogP contribution in [0.4, 0.5) is 0 Å². The summed E-state index contributed by atoms with van der Waals surface area (Å²) in [5.74, 6) is 0.505. The molecule has 1 aliphatic heterocycles. The number of likely N-dealkylation sites (tertiary alicyclic amines) is 1. The van der Waals surface area contributed by atoms with Crippen molar-refractivity contribution in [2.45, 2.75) is 52.1 Å². The first kappa shape index (κ1) is 24.8. The summed E-state index contributed by atoms with van der Waals surface area (Å²) in [6.07, 6.45) is 4.41. The molecule has 174 valence electrons. The summed E-state index contributed by atoms with van der Waals surface area (Å²) in [6, 6.07) is 14.7. The van der Waals surface area contributed by atoms with Crippen molar-refractivity contribution in [1.82, 2.24) is 10.2 Å². The normalized spacial score (nSPS) is 17.4. The van der Waals surface area contributed by atoms with Crippen LogP contribution in [0.15, 0.2) is 42.5 Å². The Kier molecular flexibility index (Phi) is 9.58. The van der Waals surface area contributed by atoms with Gasteiger partial charge in [-0.25, -0.2) is 0 Å². The highest BCUT2D eigenvalue weighted by atomic mass is 35.5. The number of nitrogens with one attached hydrogen (secondary N) is 1. The number of piperidine rings is 1. The van der Waals surface area contributed by atoms with Crippen LogP contribution in [0.1, 0.15) is 56.8 Å². The molecular weight excluding hydrogens is 420 g/mol. The predicted molar refractivity (Wildman–Crippen MR) is 133 cm³/mol. The third-order valence-corrected chi connectivity index (χ3v) is 6.69. The number of amides is 1. The van der Waals surface area contributed by atoms with Crippen LogP contribution in [-0.4, -0.2) is 44.1 Å². The minimum absolute atomic E-state index is 0.0908. The fourth-order valence-electron chi connectivity index (χ4n) is 4.75. The Morgan fingerprint density at radius 2 is 2.06 bits per heavy atom. The highest BCUT2D eigenvalue weighted by molar-refractivity contribution is 6.33. The number of ether oxygens (including phenoxy) is 1. The van der Waals surface area contributed by atoms with Gasteiger partial charge < -0.3 is 15.0 Å². The molecule has 0 saturated carbocycles. The first-order chi connectivity index (χ1) is 15.6. The van der Waals surface area contributed by atoms with Gasteiger partial charge in [-0.3, -0.25) is 4.79 Å². The number of halogens is 1. The summed E-state index contributed by atoms with van der Waals surface area (Å²) in [6.45, 7) is 7.28. The van der Waals surface area contributed by atoms with E-state index in [-0.39, 0.29) is 17.9 Å². The van der Waals surface area contributed by atoms with Gasteiger partial charge >= 0.3 is 0 Å². The van der Waals surface area contributed by atoms with E-state index >= 15 is 0 Å². The quantitative estimate of drug-likeness (QED) is 0.453. The van der Waals surface area contributed by atoms with E-state index in [1.165, 1.54) is 5.56 Å². The van der Waals surface area contributed by atoms with Crippen LogP contribution in [-0.2, 0) is 16.0 Å². The number of carbonyl (C=O) groups is 1. The molecule has 2 aromatic carbocycles. The molecule has 4 nitrogen and oxygen atoms in total. The minimum atomic E-state index is -0.0908. The lowest BCUT2D eigenvalue weighted by Crippen LogP contribution is -2.42. The maximum Gasteiger partial charge on any atom is 0.222 e. The second-order valence-corrected chi connectivity index (χ2v) is 8.99. The molecule has 3 rings (SSSR count). The van der Waals surface area contributed by atoms with Crippen molar-refractivity contribution >= 4 is 17.5 Å². The van der Waals surface area contributed by atoms with E-state index in [9.17, 15) is 4.79 Å². The summed E-state index contributed by atoms with van der Waals surface area (Å²) < 4.78 is 6.36. The Bertz CT molecular complexity index is 886.